The van der Waals surface area contributed by atoms with Crippen molar-refractivity contribution in [1.29, 1.82) is 0 Å². The second kappa shape index (κ2) is 6.19. The molecular weight excluding hydrogens is 254 g/mol. The minimum atomic E-state index is 0.335. The summed E-state index contributed by atoms with van der Waals surface area (Å²) >= 11 is 2.08. The molecule has 2 heterocycles. The highest BCUT2D eigenvalue weighted by Crippen LogP contribution is 2.38. The van der Waals surface area contributed by atoms with Crippen LogP contribution in [0.4, 0.5) is 0 Å². The largest absolute Gasteiger partial charge is 0.493 e. The van der Waals surface area contributed by atoms with Crippen LogP contribution in [-0.4, -0.2) is 23.7 Å². The molecule has 0 amide bonds. The van der Waals surface area contributed by atoms with Gasteiger partial charge in [0.2, 0.25) is 0 Å². The number of para-hydroxylation sites is 1. The Balaban J connectivity index is 1.66. The van der Waals surface area contributed by atoms with Gasteiger partial charge >= 0.3 is 0 Å². The summed E-state index contributed by atoms with van der Waals surface area (Å²) in [6.45, 7) is 0.839. The van der Waals surface area contributed by atoms with Crippen molar-refractivity contribution < 1.29 is 4.74 Å². The third-order valence-corrected chi connectivity index (χ3v) is 5.87. The third kappa shape index (κ3) is 3.09. The smallest absolute Gasteiger partial charge is 0.122 e. The van der Waals surface area contributed by atoms with Gasteiger partial charge < -0.3 is 10.5 Å². The van der Waals surface area contributed by atoms with Gasteiger partial charge in [0.05, 0.1) is 6.61 Å². The zero-order valence-electron chi connectivity index (χ0n) is 11.4. The number of benzene rings is 1. The Bertz CT molecular complexity index is 417. The van der Waals surface area contributed by atoms with Gasteiger partial charge in [-0.15, -0.1) is 0 Å². The second-order valence-electron chi connectivity index (χ2n) is 5.68. The van der Waals surface area contributed by atoms with Crippen LogP contribution in [0.25, 0.3) is 0 Å². The van der Waals surface area contributed by atoms with Crippen LogP contribution in [0.3, 0.4) is 0 Å². The summed E-state index contributed by atoms with van der Waals surface area (Å²) in [6, 6.07) is 8.79. The first-order valence-electron chi connectivity index (χ1n) is 7.43. The van der Waals surface area contributed by atoms with Crippen LogP contribution in [0, 0.1) is 0 Å². The van der Waals surface area contributed by atoms with E-state index in [0.717, 1.165) is 25.2 Å². The van der Waals surface area contributed by atoms with E-state index in [-0.39, 0.29) is 0 Å². The van der Waals surface area contributed by atoms with Crippen LogP contribution in [-0.2, 0) is 0 Å². The summed E-state index contributed by atoms with van der Waals surface area (Å²) in [7, 11) is 0. The van der Waals surface area contributed by atoms with Crippen molar-refractivity contribution in [3.05, 3.63) is 29.8 Å². The molecule has 2 N–H and O–H groups in total. The topological polar surface area (TPSA) is 35.2 Å². The van der Waals surface area contributed by atoms with Gasteiger partial charge in [0.15, 0.2) is 0 Å². The first kappa shape index (κ1) is 13.3. The number of fused-ring (bicyclic) bond motifs is 1. The summed E-state index contributed by atoms with van der Waals surface area (Å²) in [5.41, 5.74) is 7.84. The van der Waals surface area contributed by atoms with E-state index < -0.39 is 0 Å². The van der Waals surface area contributed by atoms with Gasteiger partial charge in [-0.2, -0.15) is 11.8 Å². The molecule has 2 aliphatic heterocycles. The predicted octanol–water partition coefficient (Wildman–Crippen LogP) is 3.56. The maximum absolute atomic E-state index is 6.47. The van der Waals surface area contributed by atoms with E-state index >= 15 is 0 Å². The summed E-state index contributed by atoms with van der Waals surface area (Å²) in [5.74, 6) is 2.95. The average Bonchev–Trinajstić information content (AvgIpc) is 2.48. The molecule has 2 nitrogen and oxygen atoms in total. The first-order chi connectivity index (χ1) is 9.34. The molecule has 0 bridgehead atoms. The van der Waals surface area contributed by atoms with E-state index in [1.54, 1.807) is 0 Å². The molecule has 0 radical (unpaired) electrons. The zero-order chi connectivity index (χ0) is 13.1. The molecule has 3 heteroatoms. The van der Waals surface area contributed by atoms with Gasteiger partial charge in [-0.05, 0) is 49.0 Å². The van der Waals surface area contributed by atoms with Crippen molar-refractivity contribution in [3.63, 3.8) is 0 Å². The Morgan fingerprint density at radius 1 is 1.26 bits per heavy atom. The molecule has 0 aliphatic carbocycles. The lowest BCUT2D eigenvalue weighted by Crippen LogP contribution is -2.36. The normalized spacial score (nSPS) is 28.3. The molecule has 1 aromatic carbocycles. The maximum atomic E-state index is 6.47. The molecule has 1 saturated heterocycles. The number of hydrogen-bond acceptors (Lipinski definition) is 3. The Morgan fingerprint density at radius 2 is 2.16 bits per heavy atom. The molecule has 19 heavy (non-hydrogen) atoms. The lowest BCUT2D eigenvalue weighted by molar-refractivity contribution is 0.258. The molecule has 1 fully saturated rings. The van der Waals surface area contributed by atoms with Crippen LogP contribution in [0.2, 0.25) is 0 Å². The number of hydrogen-bond donors (Lipinski definition) is 1. The van der Waals surface area contributed by atoms with Crippen LogP contribution in [0.1, 0.15) is 43.6 Å². The summed E-state index contributed by atoms with van der Waals surface area (Å²) in [5, 5.41) is 0.670. The van der Waals surface area contributed by atoms with Crippen LogP contribution < -0.4 is 10.5 Å². The molecule has 3 rings (SSSR count). The number of nitrogens with two attached hydrogens (primary N) is 1. The van der Waals surface area contributed by atoms with Gasteiger partial charge in [-0.3, -0.25) is 0 Å². The van der Waals surface area contributed by atoms with Gasteiger partial charge in [0.25, 0.3) is 0 Å². The van der Waals surface area contributed by atoms with Crippen molar-refractivity contribution in [1.82, 2.24) is 0 Å². The maximum Gasteiger partial charge on any atom is 0.122 e. The fourth-order valence-corrected chi connectivity index (χ4v) is 4.61. The van der Waals surface area contributed by atoms with Crippen LogP contribution >= 0.6 is 11.8 Å². The van der Waals surface area contributed by atoms with E-state index in [1.807, 2.05) is 0 Å². The molecule has 0 saturated carbocycles. The third-order valence-electron chi connectivity index (χ3n) is 4.33. The number of thioether (sulfide) groups is 1. The molecule has 0 aromatic heterocycles. The summed E-state index contributed by atoms with van der Waals surface area (Å²) in [6.07, 6.45) is 6.25. The Morgan fingerprint density at radius 3 is 3.00 bits per heavy atom. The van der Waals surface area contributed by atoms with E-state index in [1.165, 1.54) is 30.6 Å². The molecule has 2 aliphatic rings. The SMILES string of the molecule is NC(CC1CCOc2ccccc21)C1CCCCS1. The van der Waals surface area contributed by atoms with Crippen molar-refractivity contribution in [3.8, 4) is 5.75 Å². The monoisotopic (exact) mass is 277 g/mol. The minimum Gasteiger partial charge on any atom is -0.493 e. The van der Waals surface area contributed by atoms with Gasteiger partial charge in [-0.1, -0.05) is 24.6 Å². The molecule has 0 spiro atoms. The molecule has 3 unspecified atom stereocenters. The highest BCUT2D eigenvalue weighted by molar-refractivity contribution is 8.00. The first-order valence-corrected chi connectivity index (χ1v) is 8.48. The number of ether oxygens (including phenoxy) is 1. The predicted molar refractivity (Wildman–Crippen MR) is 82.0 cm³/mol. The molecule has 1 aromatic rings. The molecule has 104 valence electrons. The fraction of sp³-hybridized carbons (Fsp3) is 0.625. The van der Waals surface area contributed by atoms with Crippen molar-refractivity contribution in [2.75, 3.05) is 12.4 Å². The Hall–Kier alpha value is -0.670. The van der Waals surface area contributed by atoms with Crippen LogP contribution in [0.15, 0.2) is 24.3 Å². The lowest BCUT2D eigenvalue weighted by Gasteiger charge is -2.32. The van der Waals surface area contributed by atoms with Crippen LogP contribution in [0.5, 0.6) is 5.75 Å². The Labute approximate surface area is 120 Å². The van der Waals surface area contributed by atoms with E-state index in [0.29, 0.717) is 17.2 Å². The zero-order valence-corrected chi connectivity index (χ0v) is 12.2. The van der Waals surface area contributed by atoms with Gasteiger partial charge in [0.1, 0.15) is 5.75 Å². The van der Waals surface area contributed by atoms with Crippen molar-refractivity contribution in [2.45, 2.75) is 49.3 Å². The Kier molecular flexibility index (Phi) is 4.34. The molecular formula is C16H23NOS. The molecule has 3 atom stereocenters. The highest BCUT2D eigenvalue weighted by atomic mass is 32.2. The van der Waals surface area contributed by atoms with Crippen molar-refractivity contribution >= 4 is 11.8 Å². The van der Waals surface area contributed by atoms with Crippen molar-refractivity contribution in [2.24, 2.45) is 5.73 Å². The number of rotatable bonds is 3. The van der Waals surface area contributed by atoms with E-state index in [2.05, 4.69) is 36.0 Å². The average molecular weight is 277 g/mol. The standard InChI is InChI=1S/C16H23NOS/c17-14(16-7-3-4-10-19-16)11-12-8-9-18-15-6-2-1-5-13(12)15/h1-2,5-6,12,14,16H,3-4,7-11,17H2. The second-order valence-corrected chi connectivity index (χ2v) is 7.02. The fourth-order valence-electron chi connectivity index (χ4n) is 3.24. The van der Waals surface area contributed by atoms with E-state index in [4.69, 9.17) is 10.5 Å². The highest BCUT2D eigenvalue weighted by Gasteiger charge is 2.27. The van der Waals surface area contributed by atoms with Gasteiger partial charge in [-0.25, -0.2) is 0 Å². The summed E-state index contributed by atoms with van der Waals surface area (Å²) < 4.78 is 5.73. The summed E-state index contributed by atoms with van der Waals surface area (Å²) in [4.78, 5) is 0. The quantitative estimate of drug-likeness (QED) is 0.917. The van der Waals surface area contributed by atoms with E-state index in [9.17, 15) is 0 Å². The lowest BCUT2D eigenvalue weighted by atomic mass is 9.86. The van der Waals surface area contributed by atoms with Gasteiger partial charge in [0, 0.05) is 11.3 Å². The minimum absolute atomic E-state index is 0.335.